The van der Waals surface area contributed by atoms with Gasteiger partial charge in [0.05, 0.1) is 6.07 Å². The minimum Gasteiger partial charge on any atom is -0.356 e. The Bertz CT molecular complexity index is 636. The Labute approximate surface area is 150 Å². The third-order valence-electron chi connectivity index (χ3n) is 4.03. The van der Waals surface area contributed by atoms with Gasteiger partial charge in [-0.25, -0.2) is 0 Å². The summed E-state index contributed by atoms with van der Waals surface area (Å²) in [4.78, 5) is 26.9. The lowest BCUT2D eigenvalue weighted by molar-refractivity contribution is -0.133. The predicted octanol–water partition coefficient (Wildman–Crippen LogP) is 1.68. The van der Waals surface area contributed by atoms with Crippen LogP contribution in [0.2, 0.25) is 0 Å². The molecule has 0 aromatic heterocycles. The zero-order chi connectivity index (χ0) is 17.5. The Hall–Kier alpha value is -1.91. The fourth-order valence-corrected chi connectivity index (χ4v) is 3.19. The molecule has 1 N–H and O–H groups in total. The van der Waals surface area contributed by atoms with Crippen molar-refractivity contribution in [3.05, 3.63) is 34.3 Å². The summed E-state index contributed by atoms with van der Waals surface area (Å²) in [5, 5.41) is 12.2. The van der Waals surface area contributed by atoms with Crippen LogP contribution < -0.4 is 5.32 Å². The van der Waals surface area contributed by atoms with Gasteiger partial charge in [0.1, 0.15) is 6.04 Å². The van der Waals surface area contributed by atoms with Crippen LogP contribution in [0.4, 0.5) is 0 Å². The van der Waals surface area contributed by atoms with Gasteiger partial charge in [0, 0.05) is 50.5 Å². The minimum absolute atomic E-state index is 0.0411. The lowest BCUT2D eigenvalue weighted by atomic mass is 10.1. The van der Waals surface area contributed by atoms with E-state index in [-0.39, 0.29) is 17.9 Å². The Morgan fingerprint density at radius 1 is 1.33 bits per heavy atom. The van der Waals surface area contributed by atoms with E-state index in [1.807, 2.05) is 24.3 Å². The van der Waals surface area contributed by atoms with E-state index in [0.717, 1.165) is 10.0 Å². The van der Waals surface area contributed by atoms with Crippen molar-refractivity contribution in [1.29, 1.82) is 5.26 Å². The molecule has 2 amide bonds. The highest BCUT2D eigenvalue weighted by Gasteiger charge is 2.26. The van der Waals surface area contributed by atoms with E-state index in [9.17, 15) is 14.9 Å². The first kappa shape index (κ1) is 18.4. The van der Waals surface area contributed by atoms with Gasteiger partial charge in [-0.3, -0.25) is 14.5 Å². The number of nitrogens with zero attached hydrogens (tertiary/aromatic N) is 3. The van der Waals surface area contributed by atoms with Crippen LogP contribution in [0.25, 0.3) is 0 Å². The first-order valence-electron chi connectivity index (χ1n) is 7.92. The topological polar surface area (TPSA) is 76.4 Å². The molecule has 0 radical (unpaired) electrons. The van der Waals surface area contributed by atoms with Gasteiger partial charge in [0.25, 0.3) is 0 Å². The molecule has 1 aromatic carbocycles. The average molecular weight is 393 g/mol. The van der Waals surface area contributed by atoms with Crippen LogP contribution in [-0.2, 0) is 9.59 Å². The van der Waals surface area contributed by atoms with E-state index in [1.165, 1.54) is 6.92 Å². The van der Waals surface area contributed by atoms with Crippen LogP contribution in [0.5, 0.6) is 0 Å². The van der Waals surface area contributed by atoms with Crippen LogP contribution in [0.15, 0.2) is 28.7 Å². The summed E-state index contributed by atoms with van der Waals surface area (Å²) in [6.07, 6.45) is 0.312. The van der Waals surface area contributed by atoms with Crippen molar-refractivity contribution in [3.8, 4) is 6.07 Å². The summed E-state index contributed by atoms with van der Waals surface area (Å²) in [5.74, 6) is -0.0853. The summed E-state index contributed by atoms with van der Waals surface area (Å²) in [6.45, 7) is 4.34. The third kappa shape index (κ3) is 5.05. The number of nitrogens with one attached hydrogen (secondary N) is 1. The van der Waals surface area contributed by atoms with Gasteiger partial charge in [-0.15, -0.1) is 0 Å². The monoisotopic (exact) mass is 392 g/mol. The molecule has 7 heteroatoms. The highest BCUT2D eigenvalue weighted by atomic mass is 79.9. The fraction of sp³-hybridized carbons (Fsp3) is 0.471. The SMILES string of the molecule is CC(=O)NCCC(=O)N1CCN(C(C#N)c2cccc(Br)c2)CC1. The maximum Gasteiger partial charge on any atom is 0.224 e. The molecule has 1 atom stereocenters. The Balaban J connectivity index is 1.88. The first-order chi connectivity index (χ1) is 11.5. The molecule has 0 spiro atoms. The van der Waals surface area contributed by atoms with Gasteiger partial charge >= 0.3 is 0 Å². The van der Waals surface area contributed by atoms with Gasteiger partial charge < -0.3 is 10.2 Å². The number of piperazine rings is 1. The van der Waals surface area contributed by atoms with Crippen LogP contribution >= 0.6 is 15.9 Å². The summed E-state index contributed by atoms with van der Waals surface area (Å²) in [7, 11) is 0. The largest absolute Gasteiger partial charge is 0.356 e. The van der Waals surface area contributed by atoms with Crippen molar-refractivity contribution < 1.29 is 9.59 Å². The van der Waals surface area contributed by atoms with Crippen LogP contribution in [0.1, 0.15) is 24.9 Å². The van der Waals surface area contributed by atoms with Gasteiger partial charge in [0.2, 0.25) is 11.8 Å². The van der Waals surface area contributed by atoms with Crippen molar-refractivity contribution in [2.75, 3.05) is 32.7 Å². The number of carbonyl (C=O) groups excluding carboxylic acids is 2. The molecular formula is C17H21BrN4O2. The van der Waals surface area contributed by atoms with E-state index in [1.54, 1.807) is 4.90 Å². The summed E-state index contributed by atoms with van der Waals surface area (Å²) < 4.78 is 0.951. The van der Waals surface area contributed by atoms with E-state index in [2.05, 4.69) is 32.2 Å². The second-order valence-electron chi connectivity index (χ2n) is 5.74. The van der Waals surface area contributed by atoms with Crippen LogP contribution in [-0.4, -0.2) is 54.3 Å². The second kappa shape index (κ2) is 8.81. The number of carbonyl (C=O) groups is 2. The van der Waals surface area contributed by atoms with Crippen molar-refractivity contribution in [2.24, 2.45) is 0 Å². The molecule has 1 heterocycles. The molecule has 0 aliphatic carbocycles. The molecule has 128 valence electrons. The van der Waals surface area contributed by atoms with Crippen LogP contribution in [0.3, 0.4) is 0 Å². The standard InChI is InChI=1S/C17H21BrN4O2/c1-13(23)20-6-5-17(24)22-9-7-21(8-10-22)16(12-19)14-3-2-4-15(18)11-14/h2-4,11,16H,5-10H2,1H3,(H,20,23). The number of nitriles is 1. The highest BCUT2D eigenvalue weighted by Crippen LogP contribution is 2.24. The number of rotatable bonds is 5. The summed E-state index contributed by atoms with van der Waals surface area (Å²) >= 11 is 3.44. The Kier molecular flexibility index (Phi) is 6.76. The van der Waals surface area contributed by atoms with E-state index >= 15 is 0 Å². The number of hydrogen-bond donors (Lipinski definition) is 1. The van der Waals surface area contributed by atoms with Crippen molar-refractivity contribution in [2.45, 2.75) is 19.4 Å². The molecule has 1 fully saturated rings. The van der Waals surface area contributed by atoms with Gasteiger partial charge in [-0.05, 0) is 17.7 Å². The van der Waals surface area contributed by atoms with Gasteiger partial charge in [-0.2, -0.15) is 5.26 Å². The second-order valence-corrected chi connectivity index (χ2v) is 6.65. The third-order valence-corrected chi connectivity index (χ3v) is 4.52. The maximum atomic E-state index is 12.1. The number of halogens is 1. The molecule has 2 rings (SSSR count). The van der Waals surface area contributed by atoms with Crippen molar-refractivity contribution in [3.63, 3.8) is 0 Å². The summed E-state index contributed by atoms with van der Waals surface area (Å²) in [6, 6.07) is 9.82. The molecule has 1 aliphatic heterocycles. The predicted molar refractivity (Wildman–Crippen MR) is 93.9 cm³/mol. The quantitative estimate of drug-likeness (QED) is 0.826. The lowest BCUT2D eigenvalue weighted by Gasteiger charge is -2.37. The van der Waals surface area contributed by atoms with Gasteiger partial charge in [0.15, 0.2) is 0 Å². The maximum absolute atomic E-state index is 12.1. The number of benzene rings is 1. The van der Waals surface area contributed by atoms with Gasteiger partial charge in [-0.1, -0.05) is 28.1 Å². The smallest absolute Gasteiger partial charge is 0.224 e. The summed E-state index contributed by atoms with van der Waals surface area (Å²) in [5.41, 5.74) is 0.956. The first-order valence-corrected chi connectivity index (χ1v) is 8.72. The van der Waals surface area contributed by atoms with Crippen molar-refractivity contribution >= 4 is 27.7 Å². The van der Waals surface area contributed by atoms with Crippen molar-refractivity contribution in [1.82, 2.24) is 15.1 Å². The molecule has 1 aromatic rings. The molecule has 1 unspecified atom stereocenters. The highest BCUT2D eigenvalue weighted by molar-refractivity contribution is 9.10. The average Bonchev–Trinajstić information content (AvgIpc) is 2.56. The van der Waals surface area contributed by atoms with E-state index in [0.29, 0.717) is 39.1 Å². The normalized spacial score (nSPS) is 16.3. The molecule has 0 saturated carbocycles. The number of amides is 2. The minimum atomic E-state index is -0.306. The zero-order valence-corrected chi connectivity index (χ0v) is 15.3. The van der Waals surface area contributed by atoms with E-state index in [4.69, 9.17) is 0 Å². The lowest BCUT2D eigenvalue weighted by Crippen LogP contribution is -2.49. The molecule has 0 bridgehead atoms. The van der Waals surface area contributed by atoms with Crippen LogP contribution in [0, 0.1) is 11.3 Å². The Morgan fingerprint density at radius 3 is 2.62 bits per heavy atom. The number of hydrogen-bond acceptors (Lipinski definition) is 4. The Morgan fingerprint density at radius 2 is 2.04 bits per heavy atom. The fourth-order valence-electron chi connectivity index (χ4n) is 2.78. The molecule has 6 nitrogen and oxygen atoms in total. The zero-order valence-electron chi connectivity index (χ0n) is 13.7. The van der Waals surface area contributed by atoms with E-state index < -0.39 is 0 Å². The molecule has 24 heavy (non-hydrogen) atoms. The molecule has 1 aliphatic rings. The molecule has 1 saturated heterocycles. The molecular weight excluding hydrogens is 372 g/mol.